The molecule has 1 amide bonds. The molecule has 6 heteroatoms. The highest BCUT2D eigenvalue weighted by molar-refractivity contribution is 5.94. The lowest BCUT2D eigenvalue weighted by atomic mass is 10.1. The van der Waals surface area contributed by atoms with Crippen molar-refractivity contribution in [3.63, 3.8) is 0 Å². The molecule has 0 aliphatic heterocycles. The average Bonchev–Trinajstić information content (AvgIpc) is 3.35. The number of rotatable bonds is 8. The second-order valence-electron chi connectivity index (χ2n) is 7.38. The molecule has 0 saturated carbocycles. The Bertz CT molecular complexity index is 1130. The monoisotopic (exact) mass is 402 g/mol. The summed E-state index contributed by atoms with van der Waals surface area (Å²) in [6.45, 7) is 4.03. The molecular formula is C24H26N4O2. The molecule has 2 aromatic heterocycles. The maximum Gasteiger partial charge on any atom is 0.251 e. The Morgan fingerprint density at radius 3 is 2.80 bits per heavy atom. The molecule has 2 heterocycles. The van der Waals surface area contributed by atoms with Crippen LogP contribution in [0.25, 0.3) is 22.4 Å². The van der Waals surface area contributed by atoms with E-state index in [0.29, 0.717) is 25.2 Å². The largest absolute Gasteiger partial charge is 0.454 e. The number of carbonyl (C=O) groups is 1. The Morgan fingerprint density at radius 1 is 1.10 bits per heavy atom. The van der Waals surface area contributed by atoms with Crippen LogP contribution < -0.4 is 10.6 Å². The number of amides is 1. The van der Waals surface area contributed by atoms with E-state index in [1.165, 1.54) is 0 Å². The van der Waals surface area contributed by atoms with Gasteiger partial charge >= 0.3 is 0 Å². The molecule has 4 rings (SSSR count). The summed E-state index contributed by atoms with van der Waals surface area (Å²) >= 11 is 0. The minimum Gasteiger partial charge on any atom is -0.454 e. The summed E-state index contributed by atoms with van der Waals surface area (Å²) in [6.07, 6.45) is 2.93. The number of furan rings is 1. The molecule has 0 aliphatic carbocycles. The standard InChI is InChI=1S/C24H26N4O2/c1-3-11-26-24(29)19-9-6-7-17(12-19)14-25-15-20-16-28(2)27-23(20)22-13-18-8-4-5-10-21(18)30-22/h4-10,12-13,16,25H,3,11,14-15H2,1-2H3,(H,26,29). The lowest BCUT2D eigenvalue weighted by Gasteiger charge is -2.08. The lowest BCUT2D eigenvalue weighted by molar-refractivity contribution is 0.0953. The summed E-state index contributed by atoms with van der Waals surface area (Å²) in [4.78, 5) is 12.2. The predicted octanol–water partition coefficient (Wildman–Crippen LogP) is 4.26. The second kappa shape index (κ2) is 8.97. The number of carbonyl (C=O) groups excluding carboxylic acids is 1. The van der Waals surface area contributed by atoms with Crippen molar-refractivity contribution in [1.82, 2.24) is 20.4 Å². The fraction of sp³-hybridized carbons (Fsp3) is 0.250. The van der Waals surface area contributed by atoms with Gasteiger partial charge in [0.15, 0.2) is 5.76 Å². The Balaban J connectivity index is 1.44. The normalized spacial score (nSPS) is 11.1. The third-order valence-electron chi connectivity index (χ3n) is 4.93. The summed E-state index contributed by atoms with van der Waals surface area (Å²) in [6, 6.07) is 17.7. The fourth-order valence-corrected chi connectivity index (χ4v) is 3.48. The Morgan fingerprint density at radius 2 is 1.97 bits per heavy atom. The third-order valence-corrected chi connectivity index (χ3v) is 4.93. The van der Waals surface area contributed by atoms with Crippen molar-refractivity contribution in [3.8, 4) is 11.5 Å². The van der Waals surface area contributed by atoms with Gasteiger partial charge in [-0.1, -0.05) is 37.3 Å². The summed E-state index contributed by atoms with van der Waals surface area (Å²) in [5, 5.41) is 12.0. The maximum absolute atomic E-state index is 12.2. The van der Waals surface area contributed by atoms with Crippen LogP contribution in [0.4, 0.5) is 0 Å². The van der Waals surface area contributed by atoms with Crippen LogP contribution in [0.1, 0.15) is 34.8 Å². The van der Waals surface area contributed by atoms with E-state index >= 15 is 0 Å². The van der Waals surface area contributed by atoms with Gasteiger partial charge in [-0.15, -0.1) is 0 Å². The van der Waals surface area contributed by atoms with Crippen LogP contribution in [0.5, 0.6) is 0 Å². The minimum absolute atomic E-state index is 0.0295. The topological polar surface area (TPSA) is 72.1 Å². The van der Waals surface area contributed by atoms with Crippen LogP contribution >= 0.6 is 0 Å². The number of hydrogen-bond donors (Lipinski definition) is 2. The first-order valence-corrected chi connectivity index (χ1v) is 10.2. The highest BCUT2D eigenvalue weighted by Crippen LogP contribution is 2.29. The molecule has 4 aromatic rings. The van der Waals surface area contributed by atoms with E-state index in [1.807, 2.05) is 74.8 Å². The van der Waals surface area contributed by atoms with E-state index in [2.05, 4.69) is 15.7 Å². The molecule has 6 nitrogen and oxygen atoms in total. The van der Waals surface area contributed by atoms with Crippen molar-refractivity contribution < 1.29 is 9.21 Å². The zero-order valence-electron chi connectivity index (χ0n) is 17.3. The van der Waals surface area contributed by atoms with Gasteiger partial charge in [-0.25, -0.2) is 0 Å². The molecule has 0 unspecified atom stereocenters. The van der Waals surface area contributed by atoms with Crippen molar-refractivity contribution in [1.29, 1.82) is 0 Å². The highest BCUT2D eigenvalue weighted by atomic mass is 16.3. The first kappa shape index (κ1) is 19.9. The Labute approximate surface area is 175 Å². The number of benzene rings is 2. The van der Waals surface area contributed by atoms with Crippen LogP contribution in [0, 0.1) is 0 Å². The zero-order valence-corrected chi connectivity index (χ0v) is 17.3. The van der Waals surface area contributed by atoms with Gasteiger partial charge in [0.1, 0.15) is 11.3 Å². The number of para-hydroxylation sites is 1. The molecule has 2 N–H and O–H groups in total. The van der Waals surface area contributed by atoms with Crippen LogP contribution in [0.3, 0.4) is 0 Å². The molecule has 0 fully saturated rings. The van der Waals surface area contributed by atoms with Gasteiger partial charge in [-0.05, 0) is 36.2 Å². The van der Waals surface area contributed by atoms with Crippen LogP contribution in [-0.4, -0.2) is 22.2 Å². The van der Waals surface area contributed by atoms with E-state index in [0.717, 1.165) is 40.0 Å². The molecule has 30 heavy (non-hydrogen) atoms. The average molecular weight is 402 g/mol. The lowest BCUT2D eigenvalue weighted by Crippen LogP contribution is -2.24. The first-order chi connectivity index (χ1) is 14.6. The molecule has 154 valence electrons. The smallest absolute Gasteiger partial charge is 0.251 e. The van der Waals surface area contributed by atoms with Gasteiger partial charge in [0.2, 0.25) is 0 Å². The summed E-state index contributed by atoms with van der Waals surface area (Å²) in [5.41, 5.74) is 4.51. The Kier molecular flexibility index (Phi) is 5.95. The first-order valence-electron chi connectivity index (χ1n) is 10.2. The molecule has 0 atom stereocenters. The molecule has 0 bridgehead atoms. The van der Waals surface area contributed by atoms with E-state index in [4.69, 9.17) is 4.42 Å². The molecule has 2 aromatic carbocycles. The van der Waals surface area contributed by atoms with Crippen LogP contribution in [0.2, 0.25) is 0 Å². The molecule has 0 aliphatic rings. The van der Waals surface area contributed by atoms with Crippen molar-refractivity contribution in [3.05, 3.63) is 77.5 Å². The van der Waals surface area contributed by atoms with Crippen molar-refractivity contribution in [2.45, 2.75) is 26.4 Å². The summed E-state index contributed by atoms with van der Waals surface area (Å²) < 4.78 is 7.80. The van der Waals surface area contributed by atoms with Gasteiger partial charge in [-0.2, -0.15) is 5.10 Å². The van der Waals surface area contributed by atoms with Crippen molar-refractivity contribution in [2.75, 3.05) is 6.54 Å². The van der Waals surface area contributed by atoms with Gasteiger partial charge in [0.25, 0.3) is 5.91 Å². The summed E-state index contributed by atoms with van der Waals surface area (Å²) in [5.74, 6) is 0.737. The minimum atomic E-state index is -0.0295. The van der Waals surface area contributed by atoms with E-state index in [1.54, 1.807) is 4.68 Å². The predicted molar refractivity (Wildman–Crippen MR) is 118 cm³/mol. The SMILES string of the molecule is CCCNC(=O)c1cccc(CNCc2cn(C)nc2-c2cc3ccccc3o2)c1. The van der Waals surface area contributed by atoms with Crippen molar-refractivity contribution >= 4 is 16.9 Å². The number of aromatic nitrogens is 2. The zero-order chi connectivity index (χ0) is 20.9. The highest BCUT2D eigenvalue weighted by Gasteiger charge is 2.14. The quantitative estimate of drug-likeness (QED) is 0.462. The van der Waals surface area contributed by atoms with Gasteiger partial charge in [-0.3, -0.25) is 9.48 Å². The molecule has 0 radical (unpaired) electrons. The maximum atomic E-state index is 12.2. The number of fused-ring (bicyclic) bond motifs is 1. The fourth-order valence-electron chi connectivity index (χ4n) is 3.48. The van der Waals surface area contributed by atoms with Gasteiger partial charge in [0, 0.05) is 49.4 Å². The Hall–Kier alpha value is -3.38. The van der Waals surface area contributed by atoms with Crippen LogP contribution in [0.15, 0.2) is 65.2 Å². The third kappa shape index (κ3) is 4.44. The second-order valence-corrected chi connectivity index (χ2v) is 7.38. The summed E-state index contributed by atoms with van der Waals surface area (Å²) in [7, 11) is 1.91. The van der Waals surface area contributed by atoms with Crippen molar-refractivity contribution in [2.24, 2.45) is 7.05 Å². The molecule has 0 spiro atoms. The number of nitrogens with one attached hydrogen (secondary N) is 2. The molecule has 0 saturated heterocycles. The van der Waals surface area contributed by atoms with Crippen LogP contribution in [-0.2, 0) is 20.1 Å². The number of aryl methyl sites for hydroxylation is 1. The van der Waals surface area contributed by atoms with Gasteiger partial charge in [0.05, 0.1) is 0 Å². The van der Waals surface area contributed by atoms with E-state index in [9.17, 15) is 4.79 Å². The van der Waals surface area contributed by atoms with Gasteiger partial charge < -0.3 is 15.1 Å². The number of hydrogen-bond acceptors (Lipinski definition) is 4. The van der Waals surface area contributed by atoms with E-state index < -0.39 is 0 Å². The molecular weight excluding hydrogens is 376 g/mol. The number of nitrogens with zero attached hydrogens (tertiary/aromatic N) is 2. The van der Waals surface area contributed by atoms with E-state index in [-0.39, 0.29) is 5.91 Å².